The van der Waals surface area contributed by atoms with Crippen LogP contribution < -0.4 is 0 Å². The van der Waals surface area contributed by atoms with Crippen molar-refractivity contribution in [3.63, 3.8) is 0 Å². The minimum Gasteiger partial charge on any atom is -0.458 e. The summed E-state index contributed by atoms with van der Waals surface area (Å²) < 4.78 is 4.87. The normalized spacial score (nSPS) is 46.0. The fraction of sp³-hybridized carbons (Fsp3) is 0.625. The highest BCUT2D eigenvalue weighted by molar-refractivity contribution is 6.01. The largest absolute Gasteiger partial charge is 0.458 e. The van der Waals surface area contributed by atoms with Gasteiger partial charge in [0.05, 0.1) is 6.10 Å². The third kappa shape index (κ3) is 2.79. The molecule has 7 heteroatoms. The molecule has 4 aliphatic rings. The highest BCUT2D eigenvalue weighted by Gasteiger charge is 2.69. The molecule has 0 aliphatic heterocycles. The van der Waals surface area contributed by atoms with Crippen LogP contribution in [0.25, 0.3) is 0 Å². The maximum Gasteiger partial charge on any atom is 0.303 e. The van der Waals surface area contributed by atoms with Crippen molar-refractivity contribution < 1.29 is 34.4 Å². The number of aliphatic hydroxyl groups excluding tert-OH is 2. The van der Waals surface area contributed by atoms with Crippen molar-refractivity contribution in [1.29, 1.82) is 0 Å². The van der Waals surface area contributed by atoms with Crippen LogP contribution in [-0.2, 0) is 19.1 Å². The number of aliphatic hydroxyl groups is 3. The molecular weight excluding hydrogens is 400 g/mol. The number of ether oxygens (including phenoxy) is 1. The van der Waals surface area contributed by atoms with E-state index >= 15 is 0 Å². The Morgan fingerprint density at radius 3 is 2.58 bits per heavy atom. The second-order valence-electron chi connectivity index (χ2n) is 10.0. The van der Waals surface area contributed by atoms with E-state index in [1.165, 1.54) is 19.1 Å². The first-order valence-corrected chi connectivity index (χ1v) is 10.8. The smallest absolute Gasteiger partial charge is 0.303 e. The second-order valence-corrected chi connectivity index (χ2v) is 10.0. The number of Topliss-reactive ketones (excluding diaryl/α,β-unsaturated/α-hetero) is 1. The number of hydrogen-bond donors (Lipinski definition) is 3. The lowest BCUT2D eigenvalue weighted by Gasteiger charge is -2.60. The summed E-state index contributed by atoms with van der Waals surface area (Å²) in [6, 6.07) is 0. The van der Waals surface area contributed by atoms with Gasteiger partial charge in [0.2, 0.25) is 5.78 Å². The molecule has 0 saturated heterocycles. The summed E-state index contributed by atoms with van der Waals surface area (Å²) in [7, 11) is 0. The van der Waals surface area contributed by atoms with Crippen LogP contribution in [0.3, 0.4) is 0 Å². The number of ketones is 2. The first kappa shape index (κ1) is 22.1. The third-order valence-corrected chi connectivity index (χ3v) is 8.66. The predicted molar refractivity (Wildman–Crippen MR) is 111 cm³/mol. The van der Waals surface area contributed by atoms with Gasteiger partial charge in [0, 0.05) is 17.8 Å². The number of allylic oxidation sites excluding steroid dienone is 3. The van der Waals surface area contributed by atoms with Crippen LogP contribution in [0.2, 0.25) is 0 Å². The lowest BCUT2D eigenvalue weighted by molar-refractivity contribution is -0.176. The Bertz CT molecular complexity index is 932. The molecule has 0 amide bonds. The van der Waals surface area contributed by atoms with Crippen LogP contribution in [0.4, 0.5) is 0 Å². The van der Waals surface area contributed by atoms with Gasteiger partial charge in [0.15, 0.2) is 18.0 Å². The van der Waals surface area contributed by atoms with Gasteiger partial charge >= 0.3 is 5.97 Å². The van der Waals surface area contributed by atoms with Crippen LogP contribution in [0.15, 0.2) is 36.0 Å². The first-order valence-electron chi connectivity index (χ1n) is 10.8. The van der Waals surface area contributed by atoms with E-state index in [1.54, 1.807) is 0 Å². The average Bonchev–Trinajstić information content (AvgIpc) is 2.92. The molecular formula is C24H30O7. The fourth-order valence-corrected chi connectivity index (χ4v) is 6.97. The molecule has 0 heterocycles. The molecule has 0 bridgehead atoms. The number of fused-ring (bicyclic) bond motifs is 5. The van der Waals surface area contributed by atoms with E-state index in [4.69, 9.17) is 4.74 Å². The summed E-state index contributed by atoms with van der Waals surface area (Å²) in [5, 5.41) is 33.7. The van der Waals surface area contributed by atoms with E-state index in [-0.39, 0.29) is 17.6 Å². The summed E-state index contributed by atoms with van der Waals surface area (Å²) in [6.45, 7) is 8.44. The first-order chi connectivity index (χ1) is 14.4. The molecule has 0 aromatic carbocycles. The Labute approximate surface area is 181 Å². The molecule has 7 nitrogen and oxygen atoms in total. The van der Waals surface area contributed by atoms with E-state index in [2.05, 4.69) is 6.58 Å². The molecule has 2 unspecified atom stereocenters. The molecule has 3 saturated carbocycles. The molecule has 0 spiro atoms. The topological polar surface area (TPSA) is 121 Å². The van der Waals surface area contributed by atoms with Crippen LogP contribution in [0, 0.1) is 28.6 Å². The van der Waals surface area contributed by atoms with E-state index < -0.39 is 52.9 Å². The molecule has 3 N–H and O–H groups in total. The Morgan fingerprint density at radius 2 is 1.94 bits per heavy atom. The summed E-state index contributed by atoms with van der Waals surface area (Å²) >= 11 is 0. The van der Waals surface area contributed by atoms with E-state index in [0.717, 1.165) is 0 Å². The van der Waals surface area contributed by atoms with E-state index in [1.807, 2.05) is 19.9 Å². The molecule has 0 aromatic rings. The molecule has 0 aromatic heterocycles. The minimum atomic E-state index is -1.88. The number of esters is 1. The van der Waals surface area contributed by atoms with E-state index in [0.29, 0.717) is 30.4 Å². The van der Waals surface area contributed by atoms with Crippen molar-refractivity contribution in [3.05, 3.63) is 36.0 Å². The summed E-state index contributed by atoms with van der Waals surface area (Å²) in [6.07, 6.45) is 3.81. The van der Waals surface area contributed by atoms with Crippen molar-refractivity contribution in [2.75, 3.05) is 6.61 Å². The van der Waals surface area contributed by atoms with Crippen LogP contribution >= 0.6 is 0 Å². The minimum absolute atomic E-state index is 0.0710. The third-order valence-electron chi connectivity index (χ3n) is 8.66. The van der Waals surface area contributed by atoms with Crippen molar-refractivity contribution in [2.24, 2.45) is 28.6 Å². The molecule has 0 radical (unpaired) electrons. The Hall–Kier alpha value is -2.09. The van der Waals surface area contributed by atoms with Gasteiger partial charge in [-0.3, -0.25) is 14.4 Å². The zero-order chi connectivity index (χ0) is 22.9. The zero-order valence-electron chi connectivity index (χ0n) is 18.1. The van der Waals surface area contributed by atoms with Gasteiger partial charge in [-0.2, -0.15) is 0 Å². The maximum atomic E-state index is 13.0. The van der Waals surface area contributed by atoms with Gasteiger partial charge in [0.1, 0.15) is 6.10 Å². The molecule has 4 aliphatic carbocycles. The van der Waals surface area contributed by atoms with Gasteiger partial charge in [0.25, 0.3) is 0 Å². The average molecular weight is 430 g/mol. The summed E-state index contributed by atoms with van der Waals surface area (Å²) in [5.41, 5.74) is -2.52. The Balaban J connectivity index is 1.74. The molecule has 4 rings (SSSR count). The second kappa shape index (κ2) is 6.95. The maximum absolute atomic E-state index is 13.0. The van der Waals surface area contributed by atoms with Crippen LogP contribution in [-0.4, -0.2) is 57.3 Å². The number of hydrogen-bond acceptors (Lipinski definition) is 7. The zero-order valence-corrected chi connectivity index (χ0v) is 18.1. The monoisotopic (exact) mass is 430 g/mol. The quantitative estimate of drug-likeness (QED) is 0.455. The lowest BCUT2D eigenvalue weighted by Crippen LogP contribution is -2.63. The number of rotatable bonds is 3. The SMILES string of the molecule is C=C1C[C@H]2[C@@H]3C(O)C(O)C4=CC(=O)C=C[C@]4(C)[C@H]3CC[C@]2(C)[C@@]1(O)C(=O)COC(C)=O. The molecule has 8 atom stereocenters. The summed E-state index contributed by atoms with van der Waals surface area (Å²) in [4.78, 5) is 36.2. The Morgan fingerprint density at radius 1 is 1.26 bits per heavy atom. The fourth-order valence-electron chi connectivity index (χ4n) is 6.97. The van der Waals surface area contributed by atoms with Gasteiger partial charge < -0.3 is 20.1 Å². The standard InChI is InChI=1S/C24H30O7/c1-12-9-16-19-15(22(3)7-5-14(26)10-17(22)20(28)21(19)29)6-8-23(16,4)24(12,30)18(27)11-31-13(2)25/h5,7,10,15-16,19-21,28-30H,1,6,8-9,11H2,2-4H3/t15-,16-,19+,20?,21?,22+,23-,24-/m0/s1. The highest BCUT2D eigenvalue weighted by atomic mass is 16.5. The predicted octanol–water partition coefficient (Wildman–Crippen LogP) is 1.27. The number of carbonyl (C=O) groups excluding carboxylic acids is 3. The van der Waals surface area contributed by atoms with Gasteiger partial charge in [-0.1, -0.05) is 26.5 Å². The van der Waals surface area contributed by atoms with Crippen molar-refractivity contribution in [2.45, 2.75) is 57.8 Å². The molecule has 31 heavy (non-hydrogen) atoms. The Kier molecular flexibility index (Phi) is 4.96. The lowest BCUT2D eigenvalue weighted by atomic mass is 9.46. The molecule has 168 valence electrons. The van der Waals surface area contributed by atoms with Gasteiger partial charge in [-0.05, 0) is 60.3 Å². The van der Waals surface area contributed by atoms with Crippen molar-refractivity contribution in [1.82, 2.24) is 0 Å². The number of carbonyl (C=O) groups is 3. The van der Waals surface area contributed by atoms with Crippen molar-refractivity contribution >= 4 is 17.5 Å². The molecule has 3 fully saturated rings. The van der Waals surface area contributed by atoms with E-state index in [9.17, 15) is 29.7 Å². The van der Waals surface area contributed by atoms with Crippen LogP contribution in [0.1, 0.15) is 40.0 Å². The van der Waals surface area contributed by atoms with Crippen LogP contribution in [0.5, 0.6) is 0 Å². The van der Waals surface area contributed by atoms with Gasteiger partial charge in [-0.15, -0.1) is 0 Å². The van der Waals surface area contributed by atoms with Crippen molar-refractivity contribution in [3.8, 4) is 0 Å². The highest BCUT2D eigenvalue weighted by Crippen LogP contribution is 2.68. The van der Waals surface area contributed by atoms with Gasteiger partial charge in [-0.25, -0.2) is 0 Å². The summed E-state index contributed by atoms with van der Waals surface area (Å²) in [5.74, 6) is -2.21.